The molecule has 3 rings (SSSR count). The first-order valence-corrected chi connectivity index (χ1v) is 6.62. The summed E-state index contributed by atoms with van der Waals surface area (Å²) >= 11 is 0. The van der Waals surface area contributed by atoms with E-state index < -0.39 is 0 Å². The van der Waals surface area contributed by atoms with Gasteiger partial charge in [-0.1, -0.05) is 18.2 Å². The number of hydrogen-bond acceptors (Lipinski definition) is 3. The fraction of sp³-hybridized carbons (Fsp3) is 0.0625. The zero-order valence-corrected chi connectivity index (χ0v) is 11.5. The molecule has 0 aliphatic heterocycles. The highest BCUT2D eigenvalue weighted by Gasteiger charge is 2.07. The maximum Gasteiger partial charge on any atom is 0.261 e. The molecule has 2 aromatic carbocycles. The first-order chi connectivity index (χ1) is 10.7. The lowest BCUT2D eigenvalue weighted by atomic mass is 10.2. The van der Waals surface area contributed by atoms with Gasteiger partial charge in [0.15, 0.2) is 0 Å². The van der Waals surface area contributed by atoms with E-state index in [9.17, 15) is 14.0 Å². The molecule has 110 valence electrons. The third kappa shape index (κ3) is 2.58. The van der Waals surface area contributed by atoms with Gasteiger partial charge in [-0.05, 0) is 24.3 Å². The lowest BCUT2D eigenvalue weighted by Crippen LogP contribution is -2.21. The zero-order chi connectivity index (χ0) is 15.5. The number of rotatable bonds is 4. The number of hydrogen-bond donors (Lipinski definition) is 1. The van der Waals surface area contributed by atoms with Crippen molar-refractivity contribution in [2.24, 2.45) is 0 Å². The van der Waals surface area contributed by atoms with Gasteiger partial charge in [0, 0.05) is 11.3 Å². The number of aromatic nitrogens is 2. The fourth-order valence-corrected chi connectivity index (χ4v) is 2.24. The van der Waals surface area contributed by atoms with Crippen LogP contribution in [0.3, 0.4) is 0 Å². The first kappa shape index (κ1) is 13.9. The Labute approximate surface area is 125 Å². The van der Waals surface area contributed by atoms with E-state index in [2.05, 4.69) is 10.3 Å². The molecule has 1 aromatic heterocycles. The number of nitrogens with one attached hydrogen (secondary N) is 1. The van der Waals surface area contributed by atoms with E-state index in [0.29, 0.717) is 28.6 Å². The molecule has 0 radical (unpaired) electrons. The van der Waals surface area contributed by atoms with Crippen molar-refractivity contribution in [3.05, 3.63) is 70.5 Å². The van der Waals surface area contributed by atoms with Crippen LogP contribution in [0, 0.1) is 5.82 Å². The van der Waals surface area contributed by atoms with Crippen molar-refractivity contribution in [1.29, 1.82) is 0 Å². The summed E-state index contributed by atoms with van der Waals surface area (Å²) in [6.07, 6.45) is 1.93. The van der Waals surface area contributed by atoms with E-state index in [0.717, 1.165) is 0 Å². The third-order valence-corrected chi connectivity index (χ3v) is 3.35. The normalized spacial score (nSPS) is 10.6. The Morgan fingerprint density at radius 3 is 2.82 bits per heavy atom. The number of amides is 1. The maximum atomic E-state index is 13.7. The average Bonchev–Trinajstić information content (AvgIpc) is 2.52. The Bertz CT molecular complexity index is 905. The quantitative estimate of drug-likeness (QED) is 0.750. The molecular weight excluding hydrogens is 285 g/mol. The molecule has 0 saturated heterocycles. The van der Waals surface area contributed by atoms with Crippen molar-refractivity contribution in [3.63, 3.8) is 0 Å². The summed E-state index contributed by atoms with van der Waals surface area (Å²) < 4.78 is 15.0. The van der Waals surface area contributed by atoms with E-state index in [4.69, 9.17) is 0 Å². The second kappa shape index (κ2) is 5.77. The summed E-state index contributed by atoms with van der Waals surface area (Å²) in [6, 6.07) is 11.1. The SMILES string of the molecule is O=CNc1ccc2c(=O)n(Cc3ccccc3F)cnc2c1. The van der Waals surface area contributed by atoms with Gasteiger partial charge in [0.05, 0.1) is 23.8 Å². The van der Waals surface area contributed by atoms with E-state index in [1.54, 1.807) is 36.4 Å². The van der Waals surface area contributed by atoms with Gasteiger partial charge < -0.3 is 5.32 Å². The molecule has 0 bridgehead atoms. The van der Waals surface area contributed by atoms with E-state index in [1.807, 2.05) is 0 Å². The van der Waals surface area contributed by atoms with Crippen LogP contribution in [0.4, 0.5) is 10.1 Å². The summed E-state index contributed by atoms with van der Waals surface area (Å²) in [6.45, 7) is 0.114. The molecular formula is C16H12FN3O2. The summed E-state index contributed by atoms with van der Waals surface area (Å²) in [5.41, 5.74) is 1.19. The van der Waals surface area contributed by atoms with Crippen LogP contribution >= 0.6 is 0 Å². The van der Waals surface area contributed by atoms with Gasteiger partial charge in [-0.3, -0.25) is 14.2 Å². The molecule has 0 atom stereocenters. The van der Waals surface area contributed by atoms with Gasteiger partial charge in [0.2, 0.25) is 6.41 Å². The lowest BCUT2D eigenvalue weighted by molar-refractivity contribution is -0.105. The number of carbonyl (C=O) groups excluding carboxylic acids is 1. The standard InChI is InChI=1S/C16H12FN3O2/c17-14-4-2-1-3-11(14)8-20-9-18-15-7-12(19-10-21)5-6-13(15)16(20)22/h1-7,9-10H,8H2,(H,19,21). The van der Waals surface area contributed by atoms with Crippen LogP contribution in [0.1, 0.15) is 5.56 Å². The van der Waals surface area contributed by atoms with Crippen molar-refractivity contribution in [1.82, 2.24) is 9.55 Å². The predicted octanol–water partition coefficient (Wildman–Crippen LogP) is 2.15. The van der Waals surface area contributed by atoms with E-state index in [-0.39, 0.29) is 17.9 Å². The summed E-state index contributed by atoms with van der Waals surface area (Å²) in [5.74, 6) is -0.361. The fourth-order valence-electron chi connectivity index (χ4n) is 2.24. The number of halogens is 1. The van der Waals surface area contributed by atoms with Crippen LogP contribution in [0.2, 0.25) is 0 Å². The molecule has 0 fully saturated rings. The molecule has 0 aliphatic rings. The highest BCUT2D eigenvalue weighted by molar-refractivity contribution is 5.84. The molecule has 0 saturated carbocycles. The van der Waals surface area contributed by atoms with Crippen LogP contribution < -0.4 is 10.9 Å². The molecule has 1 N–H and O–H groups in total. The minimum Gasteiger partial charge on any atom is -0.329 e. The largest absolute Gasteiger partial charge is 0.329 e. The zero-order valence-electron chi connectivity index (χ0n) is 11.5. The molecule has 1 amide bonds. The van der Waals surface area contributed by atoms with Crippen molar-refractivity contribution in [3.8, 4) is 0 Å². The molecule has 1 heterocycles. The van der Waals surface area contributed by atoms with Gasteiger partial charge in [-0.2, -0.15) is 0 Å². The minimum atomic E-state index is -0.361. The maximum absolute atomic E-state index is 13.7. The Kier molecular flexibility index (Phi) is 3.65. The third-order valence-electron chi connectivity index (χ3n) is 3.35. The van der Waals surface area contributed by atoms with E-state index in [1.165, 1.54) is 17.0 Å². The molecule has 0 spiro atoms. The number of fused-ring (bicyclic) bond motifs is 1. The minimum absolute atomic E-state index is 0.114. The van der Waals surface area contributed by atoms with Crippen LogP contribution in [0.5, 0.6) is 0 Å². The highest BCUT2D eigenvalue weighted by atomic mass is 19.1. The molecule has 0 unspecified atom stereocenters. The molecule has 3 aromatic rings. The van der Waals surface area contributed by atoms with Gasteiger partial charge >= 0.3 is 0 Å². The monoisotopic (exact) mass is 297 g/mol. The Morgan fingerprint density at radius 1 is 1.23 bits per heavy atom. The molecule has 0 aliphatic carbocycles. The van der Waals surface area contributed by atoms with Gasteiger partial charge in [-0.15, -0.1) is 0 Å². The van der Waals surface area contributed by atoms with Crippen LogP contribution in [0.15, 0.2) is 53.6 Å². The second-order valence-electron chi connectivity index (χ2n) is 4.76. The van der Waals surface area contributed by atoms with Gasteiger partial charge in [0.1, 0.15) is 5.82 Å². The topological polar surface area (TPSA) is 64.0 Å². The van der Waals surface area contributed by atoms with Gasteiger partial charge in [0.25, 0.3) is 5.56 Å². The van der Waals surface area contributed by atoms with Gasteiger partial charge in [-0.25, -0.2) is 9.37 Å². The Hall–Kier alpha value is -3.02. The molecule has 6 heteroatoms. The predicted molar refractivity (Wildman–Crippen MR) is 81.2 cm³/mol. The van der Waals surface area contributed by atoms with Crippen LogP contribution in [-0.4, -0.2) is 16.0 Å². The lowest BCUT2D eigenvalue weighted by Gasteiger charge is -2.08. The second-order valence-corrected chi connectivity index (χ2v) is 4.76. The summed E-state index contributed by atoms with van der Waals surface area (Å²) in [4.78, 5) is 27.1. The average molecular weight is 297 g/mol. The number of nitrogens with zero attached hydrogens (tertiary/aromatic N) is 2. The highest BCUT2D eigenvalue weighted by Crippen LogP contribution is 2.14. The van der Waals surface area contributed by atoms with Crippen molar-refractivity contribution in [2.75, 3.05) is 5.32 Å². The Balaban J connectivity index is 2.03. The van der Waals surface area contributed by atoms with Crippen LogP contribution in [-0.2, 0) is 11.3 Å². The molecule has 22 heavy (non-hydrogen) atoms. The number of benzene rings is 2. The summed E-state index contributed by atoms with van der Waals surface area (Å²) in [5, 5.41) is 2.91. The van der Waals surface area contributed by atoms with Crippen molar-refractivity contribution >= 4 is 23.0 Å². The number of anilines is 1. The van der Waals surface area contributed by atoms with Crippen molar-refractivity contribution in [2.45, 2.75) is 6.54 Å². The van der Waals surface area contributed by atoms with E-state index >= 15 is 0 Å². The Morgan fingerprint density at radius 2 is 2.05 bits per heavy atom. The number of carbonyl (C=O) groups is 1. The summed E-state index contributed by atoms with van der Waals surface area (Å²) in [7, 11) is 0. The smallest absolute Gasteiger partial charge is 0.261 e. The molecule has 5 nitrogen and oxygen atoms in total. The van der Waals surface area contributed by atoms with Crippen LogP contribution in [0.25, 0.3) is 10.9 Å². The first-order valence-electron chi connectivity index (χ1n) is 6.62. The van der Waals surface area contributed by atoms with Crippen molar-refractivity contribution < 1.29 is 9.18 Å².